The van der Waals surface area contributed by atoms with Crippen LogP contribution in [-0.4, -0.2) is 51.4 Å². The molecule has 1 N–H and O–H groups in total. The molecule has 0 aliphatic rings. The van der Waals surface area contributed by atoms with Crippen LogP contribution in [0.15, 0.2) is 76.8 Å². The maximum atomic E-state index is 13.7. The highest BCUT2D eigenvalue weighted by molar-refractivity contribution is 7.90. The molecule has 1 aromatic carbocycles. The molecule has 12 heteroatoms. The Hall–Kier alpha value is -4.58. The van der Waals surface area contributed by atoms with Gasteiger partial charge in [0.2, 0.25) is 0 Å². The zero-order valence-electron chi connectivity index (χ0n) is 23.3. The number of aromatic nitrogens is 5. The first-order valence-corrected chi connectivity index (χ1v) is 14.3. The molecule has 0 saturated heterocycles. The fourth-order valence-corrected chi connectivity index (χ4v) is 5.64. The van der Waals surface area contributed by atoms with Crippen LogP contribution in [0.2, 0.25) is 0 Å². The SMILES string of the molecule is COC(=O)C[C@@H](Nc1cc(-c2ccco2)nc(-c2cn(S(=O)(=O)c3ccc(C)cc3)c3ncncc23)n1)C(C)(C)C. The molecule has 41 heavy (non-hydrogen) atoms. The fourth-order valence-electron chi connectivity index (χ4n) is 4.32. The standard InChI is InChI=1S/C29H30N6O5S/c1-18-8-10-19(11-9-18)41(37,38)35-16-21(20-15-30-17-31-28(20)35)27-32-22(23-7-6-12-40-23)13-25(34-27)33-24(29(2,3)4)14-26(36)39-5/h6-13,15-17,24H,14H2,1-5H3,(H,32,33,34)/t24-/m1/s1. The number of carbonyl (C=O) groups excluding carboxylic acids is 1. The van der Waals surface area contributed by atoms with E-state index in [1.807, 2.05) is 27.7 Å². The molecule has 0 radical (unpaired) electrons. The smallest absolute Gasteiger partial charge is 0.307 e. The molecule has 0 amide bonds. The normalized spacial score (nSPS) is 12.8. The molecule has 0 fully saturated rings. The molecule has 0 aliphatic carbocycles. The summed E-state index contributed by atoms with van der Waals surface area (Å²) in [4.78, 5) is 30.2. The predicted octanol–water partition coefficient (Wildman–Crippen LogP) is 5.08. The van der Waals surface area contributed by atoms with Crippen LogP contribution in [0.5, 0.6) is 0 Å². The molecule has 4 heterocycles. The summed E-state index contributed by atoms with van der Waals surface area (Å²) in [5.74, 6) is 0.776. The number of hydrogen-bond acceptors (Lipinski definition) is 10. The molecule has 0 saturated carbocycles. The van der Waals surface area contributed by atoms with E-state index in [1.165, 1.54) is 32.1 Å². The highest BCUT2D eigenvalue weighted by atomic mass is 32.2. The molecular formula is C29H30N6O5S. The van der Waals surface area contributed by atoms with Gasteiger partial charge in [-0.3, -0.25) is 4.79 Å². The fraction of sp³-hybridized carbons (Fsp3) is 0.276. The predicted molar refractivity (Wildman–Crippen MR) is 154 cm³/mol. The number of esters is 1. The van der Waals surface area contributed by atoms with Gasteiger partial charge in [0.1, 0.15) is 17.8 Å². The molecule has 0 unspecified atom stereocenters. The Morgan fingerprint density at radius 3 is 2.56 bits per heavy atom. The van der Waals surface area contributed by atoms with Gasteiger partial charge in [0, 0.05) is 35.5 Å². The number of methoxy groups -OCH3 is 1. The lowest BCUT2D eigenvalue weighted by Crippen LogP contribution is -2.36. The van der Waals surface area contributed by atoms with Gasteiger partial charge in [0.25, 0.3) is 10.0 Å². The number of hydrogen-bond donors (Lipinski definition) is 1. The van der Waals surface area contributed by atoms with E-state index in [4.69, 9.17) is 19.1 Å². The molecule has 5 rings (SSSR count). The van der Waals surface area contributed by atoms with Gasteiger partial charge < -0.3 is 14.5 Å². The second-order valence-corrected chi connectivity index (χ2v) is 12.5. The van der Waals surface area contributed by atoms with Crippen molar-refractivity contribution in [3.63, 3.8) is 0 Å². The number of benzene rings is 1. The van der Waals surface area contributed by atoms with Crippen molar-refractivity contribution in [2.75, 3.05) is 12.4 Å². The number of nitrogens with zero attached hydrogens (tertiary/aromatic N) is 5. The Balaban J connectivity index is 1.68. The van der Waals surface area contributed by atoms with Crippen molar-refractivity contribution < 1.29 is 22.4 Å². The van der Waals surface area contributed by atoms with Gasteiger partial charge in [0.15, 0.2) is 17.2 Å². The quantitative estimate of drug-likeness (QED) is 0.249. The summed E-state index contributed by atoms with van der Waals surface area (Å²) in [6.45, 7) is 7.90. The van der Waals surface area contributed by atoms with Crippen molar-refractivity contribution in [3.8, 4) is 22.8 Å². The molecule has 5 aromatic rings. The number of aryl methyl sites for hydroxylation is 1. The minimum atomic E-state index is -4.00. The summed E-state index contributed by atoms with van der Waals surface area (Å²) in [6, 6.07) is 11.5. The molecule has 1 atom stereocenters. The van der Waals surface area contributed by atoms with E-state index in [0.29, 0.717) is 28.2 Å². The van der Waals surface area contributed by atoms with Crippen molar-refractivity contribution in [2.45, 2.75) is 45.1 Å². The number of rotatable bonds is 8. The first-order chi connectivity index (χ1) is 19.5. The molecular weight excluding hydrogens is 544 g/mol. The first kappa shape index (κ1) is 28.0. The number of carbonyl (C=O) groups is 1. The molecule has 0 spiro atoms. The van der Waals surface area contributed by atoms with Gasteiger partial charge >= 0.3 is 5.97 Å². The lowest BCUT2D eigenvalue weighted by molar-refractivity contribution is -0.141. The number of fused-ring (bicyclic) bond motifs is 1. The first-order valence-electron chi connectivity index (χ1n) is 12.9. The van der Waals surface area contributed by atoms with Crippen LogP contribution in [0, 0.1) is 12.3 Å². The Labute approximate surface area is 237 Å². The average molecular weight is 575 g/mol. The van der Waals surface area contributed by atoms with E-state index >= 15 is 0 Å². The molecule has 4 aromatic heterocycles. The Morgan fingerprint density at radius 2 is 1.90 bits per heavy atom. The van der Waals surface area contributed by atoms with Crippen LogP contribution in [0.25, 0.3) is 33.9 Å². The zero-order valence-corrected chi connectivity index (χ0v) is 24.1. The van der Waals surface area contributed by atoms with Gasteiger partial charge in [-0.2, -0.15) is 0 Å². The van der Waals surface area contributed by atoms with Crippen LogP contribution >= 0.6 is 0 Å². The lowest BCUT2D eigenvalue weighted by atomic mass is 9.84. The van der Waals surface area contributed by atoms with E-state index in [0.717, 1.165) is 9.54 Å². The van der Waals surface area contributed by atoms with Crippen molar-refractivity contribution in [1.82, 2.24) is 23.9 Å². The minimum Gasteiger partial charge on any atom is -0.469 e. The van der Waals surface area contributed by atoms with Gasteiger partial charge in [-0.25, -0.2) is 32.3 Å². The largest absolute Gasteiger partial charge is 0.469 e. The second-order valence-electron chi connectivity index (χ2n) is 10.7. The van der Waals surface area contributed by atoms with E-state index in [9.17, 15) is 13.2 Å². The molecule has 0 aliphatic heterocycles. The Morgan fingerprint density at radius 1 is 1.15 bits per heavy atom. The third-order valence-electron chi connectivity index (χ3n) is 6.72. The van der Waals surface area contributed by atoms with Crippen LogP contribution in [0.4, 0.5) is 5.82 Å². The summed E-state index contributed by atoms with van der Waals surface area (Å²) in [5.41, 5.74) is 1.67. The van der Waals surface area contributed by atoms with Gasteiger partial charge in [-0.05, 0) is 36.6 Å². The summed E-state index contributed by atoms with van der Waals surface area (Å²) in [5, 5.41) is 3.81. The van der Waals surface area contributed by atoms with Crippen LogP contribution in [-0.2, 0) is 19.6 Å². The Bertz CT molecular complexity index is 1810. The van der Waals surface area contributed by atoms with Crippen molar-refractivity contribution in [1.29, 1.82) is 0 Å². The van der Waals surface area contributed by atoms with Crippen molar-refractivity contribution in [2.24, 2.45) is 5.41 Å². The third-order valence-corrected chi connectivity index (χ3v) is 8.39. The van der Waals surface area contributed by atoms with Gasteiger partial charge in [0.05, 0.1) is 24.7 Å². The van der Waals surface area contributed by atoms with E-state index in [2.05, 4.69) is 15.3 Å². The van der Waals surface area contributed by atoms with Crippen LogP contribution in [0.3, 0.4) is 0 Å². The molecule has 212 valence electrons. The number of anilines is 1. The second kappa shape index (κ2) is 10.8. The highest BCUT2D eigenvalue weighted by Gasteiger charge is 2.29. The van der Waals surface area contributed by atoms with Gasteiger partial charge in [-0.1, -0.05) is 38.5 Å². The molecule has 0 bridgehead atoms. The summed E-state index contributed by atoms with van der Waals surface area (Å²) >= 11 is 0. The third kappa shape index (κ3) is 5.68. The van der Waals surface area contributed by atoms with Crippen LogP contribution < -0.4 is 5.32 Å². The number of nitrogens with one attached hydrogen (secondary N) is 1. The lowest BCUT2D eigenvalue weighted by Gasteiger charge is -2.31. The number of ether oxygens (including phenoxy) is 1. The van der Waals surface area contributed by atoms with E-state index < -0.39 is 10.0 Å². The summed E-state index contributed by atoms with van der Waals surface area (Å²) < 4.78 is 39.1. The summed E-state index contributed by atoms with van der Waals surface area (Å²) in [6.07, 6.45) is 5.92. The van der Waals surface area contributed by atoms with Crippen LogP contribution in [0.1, 0.15) is 32.8 Å². The summed E-state index contributed by atoms with van der Waals surface area (Å²) in [7, 11) is -2.65. The average Bonchev–Trinajstić information content (AvgIpc) is 3.61. The van der Waals surface area contributed by atoms with E-state index in [-0.39, 0.29) is 40.2 Å². The number of furan rings is 1. The minimum absolute atomic E-state index is 0.108. The van der Waals surface area contributed by atoms with Gasteiger partial charge in [-0.15, -0.1) is 0 Å². The Kier molecular flexibility index (Phi) is 7.35. The maximum Gasteiger partial charge on any atom is 0.307 e. The topological polar surface area (TPSA) is 142 Å². The van der Waals surface area contributed by atoms with E-state index in [1.54, 1.807) is 42.5 Å². The van der Waals surface area contributed by atoms with Crippen molar-refractivity contribution in [3.05, 3.63) is 73.0 Å². The highest BCUT2D eigenvalue weighted by Crippen LogP contribution is 2.33. The monoisotopic (exact) mass is 574 g/mol. The van der Waals surface area contributed by atoms with Crippen molar-refractivity contribution >= 4 is 32.8 Å². The molecule has 11 nitrogen and oxygen atoms in total. The zero-order chi connectivity index (χ0) is 29.4. The maximum absolute atomic E-state index is 13.7.